The largest absolute Gasteiger partial charge is 0.465 e. The zero-order valence-electron chi connectivity index (χ0n) is 15.5. The topological polar surface area (TPSA) is 81.2 Å². The normalized spacial score (nSPS) is 11.7. The third-order valence-electron chi connectivity index (χ3n) is 4.11. The summed E-state index contributed by atoms with van der Waals surface area (Å²) in [6.45, 7) is 3.99. The average molecular weight is 416 g/mol. The first-order chi connectivity index (χ1) is 13.4. The molecule has 1 unspecified atom stereocenters. The van der Waals surface area contributed by atoms with E-state index in [9.17, 15) is 9.00 Å². The molecular formula is C20H18ClN3O3S. The maximum Gasteiger partial charge on any atom is 0.337 e. The van der Waals surface area contributed by atoms with Crippen molar-refractivity contribution in [2.45, 2.75) is 18.7 Å². The summed E-state index contributed by atoms with van der Waals surface area (Å²) in [7, 11) is -0.321. The van der Waals surface area contributed by atoms with Crippen LogP contribution >= 0.6 is 11.6 Å². The summed E-state index contributed by atoms with van der Waals surface area (Å²) in [5, 5.41) is 0.244. The Balaban J connectivity index is 1.88. The fourth-order valence-electron chi connectivity index (χ4n) is 2.78. The van der Waals surface area contributed by atoms with Crippen molar-refractivity contribution in [2.75, 3.05) is 11.8 Å². The highest BCUT2D eigenvalue weighted by Gasteiger charge is 2.13. The van der Waals surface area contributed by atoms with E-state index in [0.717, 1.165) is 16.7 Å². The highest BCUT2D eigenvalue weighted by Crippen LogP contribution is 2.28. The monoisotopic (exact) mass is 415 g/mol. The Morgan fingerprint density at radius 2 is 1.71 bits per heavy atom. The molecule has 144 valence electrons. The Labute approximate surface area is 170 Å². The standard InChI is InChI=1S/C20H18ClN3O3S/c1-12-5-4-6-13(2)18(12)16-11-17(21)23-20(22-16)24-28(26)15-9-7-14(8-10-15)19(25)27-3/h4-11H,1-3H3,(H,22,23,24). The molecule has 0 bridgehead atoms. The molecule has 3 aromatic rings. The van der Waals surface area contributed by atoms with Crippen molar-refractivity contribution in [3.05, 3.63) is 70.4 Å². The molecule has 0 radical (unpaired) electrons. The lowest BCUT2D eigenvalue weighted by Crippen LogP contribution is -2.09. The number of nitrogens with zero attached hydrogens (tertiary/aromatic N) is 2. The molecule has 6 nitrogen and oxygen atoms in total. The molecule has 0 saturated carbocycles. The maximum absolute atomic E-state index is 12.6. The summed E-state index contributed by atoms with van der Waals surface area (Å²) in [5.41, 5.74) is 4.10. The van der Waals surface area contributed by atoms with Crippen molar-refractivity contribution in [1.29, 1.82) is 0 Å². The minimum Gasteiger partial charge on any atom is -0.465 e. The van der Waals surface area contributed by atoms with Crippen LogP contribution in [0.3, 0.4) is 0 Å². The van der Waals surface area contributed by atoms with Gasteiger partial charge in [-0.15, -0.1) is 0 Å². The molecule has 3 rings (SSSR count). The number of benzene rings is 2. The smallest absolute Gasteiger partial charge is 0.337 e. The number of aryl methyl sites for hydroxylation is 2. The summed E-state index contributed by atoms with van der Waals surface area (Å²) >= 11 is 6.16. The quantitative estimate of drug-likeness (QED) is 0.495. The molecule has 1 heterocycles. The highest BCUT2D eigenvalue weighted by atomic mass is 35.5. The first-order valence-electron chi connectivity index (χ1n) is 8.37. The molecular weight excluding hydrogens is 398 g/mol. The fourth-order valence-corrected chi connectivity index (χ4v) is 3.73. The molecule has 28 heavy (non-hydrogen) atoms. The molecule has 0 saturated heterocycles. The number of anilines is 1. The number of esters is 1. The van der Waals surface area contributed by atoms with Crippen molar-refractivity contribution in [2.24, 2.45) is 0 Å². The van der Waals surface area contributed by atoms with Gasteiger partial charge in [0.25, 0.3) is 0 Å². The van der Waals surface area contributed by atoms with Crippen LogP contribution in [0.15, 0.2) is 53.4 Å². The number of carbonyl (C=O) groups excluding carboxylic acids is 1. The van der Waals surface area contributed by atoms with Gasteiger partial charge < -0.3 is 4.74 Å². The van der Waals surface area contributed by atoms with Crippen molar-refractivity contribution in [3.63, 3.8) is 0 Å². The van der Waals surface area contributed by atoms with Gasteiger partial charge in [0.2, 0.25) is 5.95 Å². The van der Waals surface area contributed by atoms with Crippen LogP contribution in [-0.4, -0.2) is 27.3 Å². The predicted octanol–water partition coefficient (Wildman–Crippen LogP) is 4.34. The molecule has 2 aromatic carbocycles. The molecule has 0 amide bonds. The second kappa shape index (κ2) is 8.50. The minimum absolute atomic E-state index is 0.153. The zero-order valence-corrected chi connectivity index (χ0v) is 17.1. The average Bonchev–Trinajstić information content (AvgIpc) is 2.67. The molecule has 1 aromatic heterocycles. The van der Waals surface area contributed by atoms with E-state index in [4.69, 9.17) is 11.6 Å². The van der Waals surface area contributed by atoms with E-state index in [1.54, 1.807) is 30.3 Å². The summed E-state index contributed by atoms with van der Waals surface area (Å²) < 4.78 is 20.0. The number of nitrogens with one attached hydrogen (secondary N) is 1. The van der Waals surface area contributed by atoms with E-state index >= 15 is 0 Å². The van der Waals surface area contributed by atoms with Crippen LogP contribution in [0, 0.1) is 13.8 Å². The number of carbonyl (C=O) groups is 1. The number of ether oxygens (including phenoxy) is 1. The van der Waals surface area contributed by atoms with E-state index in [1.165, 1.54) is 7.11 Å². The number of rotatable bonds is 5. The van der Waals surface area contributed by atoms with Gasteiger partial charge in [-0.25, -0.2) is 19.0 Å². The van der Waals surface area contributed by atoms with Crippen molar-refractivity contribution >= 4 is 34.5 Å². The van der Waals surface area contributed by atoms with Gasteiger partial charge in [0.15, 0.2) is 11.0 Å². The van der Waals surface area contributed by atoms with Crippen LogP contribution < -0.4 is 4.72 Å². The first kappa shape index (κ1) is 20.0. The molecule has 0 aliphatic carbocycles. The summed E-state index contributed by atoms with van der Waals surface area (Å²) in [6, 6.07) is 13.9. The SMILES string of the molecule is COC(=O)c1ccc(S(=O)Nc2nc(Cl)cc(-c3c(C)cccc3C)n2)cc1. The third kappa shape index (κ3) is 4.37. The van der Waals surface area contributed by atoms with Gasteiger partial charge in [0.1, 0.15) is 5.15 Å². The molecule has 1 atom stereocenters. The Kier molecular flexibility index (Phi) is 6.06. The van der Waals surface area contributed by atoms with Crippen LogP contribution in [0.25, 0.3) is 11.3 Å². The zero-order chi connectivity index (χ0) is 20.3. The van der Waals surface area contributed by atoms with E-state index in [-0.39, 0.29) is 11.1 Å². The van der Waals surface area contributed by atoms with Gasteiger partial charge in [0.05, 0.1) is 23.3 Å². The number of hydrogen-bond acceptors (Lipinski definition) is 5. The van der Waals surface area contributed by atoms with E-state index in [0.29, 0.717) is 16.2 Å². The Hall–Kier alpha value is -2.77. The number of aromatic nitrogens is 2. The Morgan fingerprint density at radius 3 is 2.32 bits per heavy atom. The number of methoxy groups -OCH3 is 1. The minimum atomic E-state index is -1.63. The third-order valence-corrected chi connectivity index (χ3v) is 5.37. The lowest BCUT2D eigenvalue weighted by molar-refractivity contribution is 0.0600. The van der Waals surface area contributed by atoms with Crippen LogP contribution in [0.4, 0.5) is 5.95 Å². The van der Waals surface area contributed by atoms with Crippen LogP contribution in [0.2, 0.25) is 5.15 Å². The Bertz CT molecular complexity index is 1030. The lowest BCUT2D eigenvalue weighted by Gasteiger charge is -2.11. The highest BCUT2D eigenvalue weighted by molar-refractivity contribution is 7.86. The summed E-state index contributed by atoms with van der Waals surface area (Å²) in [5.74, 6) is -0.303. The van der Waals surface area contributed by atoms with Gasteiger partial charge in [-0.3, -0.25) is 4.72 Å². The lowest BCUT2D eigenvalue weighted by atomic mass is 10.00. The summed E-state index contributed by atoms with van der Waals surface area (Å²) in [4.78, 5) is 20.6. The van der Waals surface area contributed by atoms with Gasteiger partial charge in [-0.2, -0.15) is 0 Å². The first-order valence-corrected chi connectivity index (χ1v) is 9.90. The molecule has 0 aliphatic heterocycles. The van der Waals surface area contributed by atoms with Crippen LogP contribution in [0.1, 0.15) is 21.5 Å². The molecule has 0 spiro atoms. The maximum atomic E-state index is 12.6. The van der Waals surface area contributed by atoms with Crippen molar-refractivity contribution in [1.82, 2.24) is 9.97 Å². The Morgan fingerprint density at radius 1 is 1.07 bits per heavy atom. The van der Waals surface area contributed by atoms with Gasteiger partial charge in [-0.1, -0.05) is 29.8 Å². The van der Waals surface area contributed by atoms with Crippen molar-refractivity contribution in [3.8, 4) is 11.3 Å². The molecule has 8 heteroatoms. The molecule has 0 aliphatic rings. The predicted molar refractivity (Wildman–Crippen MR) is 110 cm³/mol. The van der Waals surface area contributed by atoms with E-state index < -0.39 is 17.0 Å². The second-order valence-electron chi connectivity index (χ2n) is 6.05. The summed E-state index contributed by atoms with van der Waals surface area (Å²) in [6.07, 6.45) is 0. The van der Waals surface area contributed by atoms with E-state index in [1.807, 2.05) is 32.0 Å². The van der Waals surface area contributed by atoms with Crippen LogP contribution in [-0.2, 0) is 15.7 Å². The van der Waals surface area contributed by atoms with Gasteiger partial charge in [-0.05, 0) is 49.2 Å². The van der Waals surface area contributed by atoms with Crippen LogP contribution in [0.5, 0.6) is 0 Å². The number of hydrogen-bond donors (Lipinski definition) is 1. The fraction of sp³-hybridized carbons (Fsp3) is 0.150. The molecule has 1 N–H and O–H groups in total. The van der Waals surface area contributed by atoms with Gasteiger partial charge >= 0.3 is 5.97 Å². The second-order valence-corrected chi connectivity index (χ2v) is 7.65. The van der Waals surface area contributed by atoms with Crippen molar-refractivity contribution < 1.29 is 13.7 Å². The van der Waals surface area contributed by atoms with E-state index in [2.05, 4.69) is 19.4 Å². The number of halogens is 1. The van der Waals surface area contributed by atoms with Gasteiger partial charge in [0, 0.05) is 11.6 Å². The molecule has 0 fully saturated rings.